The Hall–Kier alpha value is -4.05. The minimum atomic E-state index is -0.0473. The predicted molar refractivity (Wildman–Crippen MR) is 161 cm³/mol. The van der Waals surface area contributed by atoms with Crippen molar-refractivity contribution in [1.29, 1.82) is 0 Å². The molecule has 5 aromatic rings. The molecule has 5 heteroatoms. The zero-order chi connectivity index (χ0) is 26.8. The van der Waals surface area contributed by atoms with Crippen molar-refractivity contribution in [2.24, 2.45) is 0 Å². The normalized spacial score (nSPS) is 16.8. The number of aromatic hydroxyl groups is 1. The third kappa shape index (κ3) is 5.29. The maximum Gasteiger partial charge on any atom is 0.240 e. The van der Waals surface area contributed by atoms with Gasteiger partial charge < -0.3 is 5.11 Å². The van der Waals surface area contributed by atoms with Gasteiger partial charge in [0.05, 0.1) is 0 Å². The van der Waals surface area contributed by atoms with Gasteiger partial charge in [0.2, 0.25) is 6.34 Å². The summed E-state index contributed by atoms with van der Waals surface area (Å²) in [6.07, 6.45) is 2.13. The molecule has 0 saturated carbocycles. The zero-order valence-electron chi connectivity index (χ0n) is 21.2. The van der Waals surface area contributed by atoms with Crippen molar-refractivity contribution < 1.29 is 9.68 Å². The highest BCUT2D eigenvalue weighted by molar-refractivity contribution is 6.35. The van der Waals surface area contributed by atoms with E-state index in [2.05, 4.69) is 70.4 Å². The summed E-state index contributed by atoms with van der Waals surface area (Å²) in [7, 11) is 0. The molecule has 0 radical (unpaired) electrons. The number of halogens is 2. The zero-order valence-corrected chi connectivity index (χ0v) is 22.7. The van der Waals surface area contributed by atoms with E-state index in [4.69, 9.17) is 23.2 Å². The van der Waals surface area contributed by atoms with Crippen molar-refractivity contribution >= 4 is 35.2 Å². The smallest absolute Gasteiger partial charge is 0.240 e. The molecule has 192 valence electrons. The van der Waals surface area contributed by atoms with Crippen LogP contribution >= 0.6 is 23.2 Å². The number of phenolic OH excluding ortho intramolecular Hbond substituents is 1. The highest BCUT2D eigenvalue weighted by Crippen LogP contribution is 2.44. The molecular formula is C34H27Cl2N2O+. The minimum absolute atomic E-state index is 0.0282. The second-order valence-electron chi connectivity index (χ2n) is 9.74. The number of hydrogen-bond acceptors (Lipinski definition) is 2. The van der Waals surface area contributed by atoms with Crippen LogP contribution in [0.2, 0.25) is 10.0 Å². The Bertz CT molecular complexity index is 1600. The van der Waals surface area contributed by atoms with Gasteiger partial charge in [-0.1, -0.05) is 126 Å². The molecule has 39 heavy (non-hydrogen) atoms. The second kappa shape index (κ2) is 11.0. The van der Waals surface area contributed by atoms with Gasteiger partial charge >= 0.3 is 0 Å². The standard InChI is InChI=1S/C34H26Cl2N2O/c35-29-19-30(36)21-31(20-29)38-23-37(22-28-17-16-27(18-32(28)39)24-10-4-1-5-11-24)33(25-12-6-2-7-13-25)34(38)26-14-8-3-9-15-26/h1-21,23,33-34H,22H2/p+1/t33-,34-/m1/s1. The maximum atomic E-state index is 11.1. The summed E-state index contributed by atoms with van der Waals surface area (Å²) in [5, 5.41) is 12.3. The lowest BCUT2D eigenvalue weighted by Gasteiger charge is -2.24. The first-order valence-corrected chi connectivity index (χ1v) is 13.6. The molecule has 0 aliphatic carbocycles. The first-order valence-electron chi connectivity index (χ1n) is 12.9. The third-order valence-electron chi connectivity index (χ3n) is 7.20. The van der Waals surface area contributed by atoms with Crippen LogP contribution in [-0.4, -0.2) is 16.0 Å². The minimum Gasteiger partial charge on any atom is -0.507 e. The van der Waals surface area contributed by atoms with Crippen molar-refractivity contribution in [3.8, 4) is 16.9 Å². The van der Waals surface area contributed by atoms with E-state index in [1.54, 1.807) is 6.07 Å². The van der Waals surface area contributed by atoms with Gasteiger partial charge in [-0.25, -0.2) is 4.90 Å². The second-order valence-corrected chi connectivity index (χ2v) is 10.6. The summed E-state index contributed by atoms with van der Waals surface area (Å²) in [6, 6.07) is 42.6. The Morgan fingerprint density at radius 3 is 1.85 bits per heavy atom. The molecule has 0 aromatic heterocycles. The molecule has 1 aliphatic rings. The lowest BCUT2D eigenvalue weighted by Crippen LogP contribution is -2.26. The molecule has 1 N–H and O–H groups in total. The lowest BCUT2D eigenvalue weighted by molar-refractivity contribution is -0.578. The molecule has 1 heterocycles. The quantitative estimate of drug-likeness (QED) is 0.214. The van der Waals surface area contributed by atoms with E-state index in [0.717, 1.165) is 22.4 Å². The van der Waals surface area contributed by atoms with Crippen LogP contribution < -0.4 is 4.90 Å². The summed E-state index contributed by atoms with van der Waals surface area (Å²) in [5.41, 5.74) is 6.17. The Morgan fingerprint density at radius 1 is 0.641 bits per heavy atom. The Balaban J connectivity index is 1.46. The van der Waals surface area contributed by atoms with E-state index in [0.29, 0.717) is 16.6 Å². The Morgan fingerprint density at radius 2 is 1.23 bits per heavy atom. The third-order valence-corrected chi connectivity index (χ3v) is 7.64. The molecule has 1 aliphatic heterocycles. The van der Waals surface area contributed by atoms with Crippen molar-refractivity contribution in [2.45, 2.75) is 18.6 Å². The van der Waals surface area contributed by atoms with Gasteiger partial charge in [-0.15, -0.1) is 0 Å². The fourth-order valence-electron chi connectivity index (χ4n) is 5.41. The highest BCUT2D eigenvalue weighted by atomic mass is 35.5. The predicted octanol–water partition coefficient (Wildman–Crippen LogP) is 8.91. The first kappa shape index (κ1) is 25.2. The van der Waals surface area contributed by atoms with Crippen LogP contribution in [0.1, 0.15) is 28.8 Å². The summed E-state index contributed by atoms with van der Waals surface area (Å²) < 4.78 is 2.29. The summed E-state index contributed by atoms with van der Waals surface area (Å²) in [5.74, 6) is 0.275. The number of hydrogen-bond donors (Lipinski definition) is 1. The van der Waals surface area contributed by atoms with Gasteiger partial charge in [-0.05, 0) is 23.3 Å². The number of benzene rings is 5. The molecule has 0 bridgehead atoms. The van der Waals surface area contributed by atoms with Gasteiger partial charge in [0, 0.05) is 38.9 Å². The fraction of sp³-hybridized carbons (Fsp3) is 0.0882. The fourth-order valence-corrected chi connectivity index (χ4v) is 5.93. The van der Waals surface area contributed by atoms with Crippen molar-refractivity contribution in [2.75, 3.05) is 4.90 Å². The average molecular weight is 551 g/mol. The first-order chi connectivity index (χ1) is 19.1. The van der Waals surface area contributed by atoms with E-state index in [9.17, 15) is 5.11 Å². The van der Waals surface area contributed by atoms with E-state index in [1.807, 2.05) is 66.7 Å². The Labute approximate surface area is 238 Å². The molecule has 0 fully saturated rings. The monoisotopic (exact) mass is 549 g/mol. The average Bonchev–Trinajstić information content (AvgIpc) is 3.34. The van der Waals surface area contributed by atoms with Crippen LogP contribution in [0.25, 0.3) is 11.1 Å². The van der Waals surface area contributed by atoms with Gasteiger partial charge in [-0.2, -0.15) is 0 Å². The molecule has 0 unspecified atom stereocenters. The largest absolute Gasteiger partial charge is 0.507 e. The SMILES string of the molecule is Oc1cc(-c2ccccc2)ccc1C[N+]1=CN(c2cc(Cl)cc(Cl)c2)[C@H](c2ccccc2)[C@H]1c1ccccc1. The number of phenols is 1. The van der Waals surface area contributed by atoms with E-state index in [-0.39, 0.29) is 17.8 Å². The van der Waals surface area contributed by atoms with Crippen LogP contribution in [0.15, 0.2) is 127 Å². The summed E-state index contributed by atoms with van der Waals surface area (Å²) in [6.45, 7) is 0.522. The molecule has 6 rings (SSSR count). The van der Waals surface area contributed by atoms with Gasteiger partial charge in [0.1, 0.15) is 18.0 Å². The van der Waals surface area contributed by atoms with Gasteiger partial charge in [-0.3, -0.25) is 4.58 Å². The number of nitrogens with zero attached hydrogens (tertiary/aromatic N) is 2. The van der Waals surface area contributed by atoms with Crippen LogP contribution in [0.3, 0.4) is 0 Å². The summed E-state index contributed by atoms with van der Waals surface area (Å²) in [4.78, 5) is 2.24. The maximum absolute atomic E-state index is 11.1. The molecule has 0 spiro atoms. The lowest BCUT2D eigenvalue weighted by atomic mass is 9.92. The highest BCUT2D eigenvalue weighted by Gasteiger charge is 2.45. The van der Waals surface area contributed by atoms with E-state index in [1.165, 1.54) is 11.1 Å². The number of anilines is 1. The van der Waals surface area contributed by atoms with Crippen molar-refractivity contribution in [3.63, 3.8) is 0 Å². The van der Waals surface area contributed by atoms with Crippen LogP contribution in [0.5, 0.6) is 5.75 Å². The van der Waals surface area contributed by atoms with Gasteiger partial charge in [0.15, 0.2) is 12.1 Å². The Kier molecular flexibility index (Phi) is 7.10. The topological polar surface area (TPSA) is 26.5 Å². The molecule has 0 saturated heterocycles. The van der Waals surface area contributed by atoms with E-state index >= 15 is 0 Å². The molecular weight excluding hydrogens is 523 g/mol. The molecule has 2 atom stereocenters. The molecule has 5 aromatic carbocycles. The van der Waals surface area contributed by atoms with Crippen molar-refractivity contribution in [1.82, 2.24) is 0 Å². The van der Waals surface area contributed by atoms with Crippen molar-refractivity contribution in [3.05, 3.63) is 154 Å². The van der Waals surface area contributed by atoms with Crippen LogP contribution in [-0.2, 0) is 6.54 Å². The molecule has 0 amide bonds. The van der Waals surface area contributed by atoms with Crippen LogP contribution in [0, 0.1) is 0 Å². The van der Waals surface area contributed by atoms with Crippen LogP contribution in [0.4, 0.5) is 5.69 Å². The van der Waals surface area contributed by atoms with E-state index < -0.39 is 0 Å². The summed E-state index contributed by atoms with van der Waals surface area (Å²) >= 11 is 12.9. The number of rotatable bonds is 6. The van der Waals surface area contributed by atoms with Gasteiger partial charge in [0.25, 0.3) is 0 Å². The molecule has 3 nitrogen and oxygen atoms in total.